The lowest BCUT2D eigenvalue weighted by Crippen LogP contribution is -2.68. The Kier molecular flexibility index (Phi) is 11.2. The van der Waals surface area contributed by atoms with Gasteiger partial charge in [0.25, 0.3) is 0 Å². The molecule has 5 aliphatic carbocycles. The molecule has 0 amide bonds. The zero-order valence-electron chi connectivity index (χ0n) is 34.3. The molecule has 0 unspecified atom stereocenters. The summed E-state index contributed by atoms with van der Waals surface area (Å²) in [5.41, 5.74) is -1.42. The zero-order chi connectivity index (χ0) is 42.7. The van der Waals surface area contributed by atoms with Crippen LogP contribution in [0.5, 0.6) is 0 Å². The van der Waals surface area contributed by atoms with E-state index in [1.165, 1.54) is 5.57 Å². The molecule has 7 rings (SSSR count). The molecule has 0 aromatic heterocycles. The van der Waals surface area contributed by atoms with Crippen molar-refractivity contribution in [1.29, 1.82) is 0 Å². The van der Waals surface area contributed by atoms with Crippen LogP contribution in [0.4, 0.5) is 0 Å². The molecule has 0 radical (unpaired) electrons. The number of rotatable bonds is 8. The fraction of sp³-hybridized carbons (Fsp3) is 0.881. The van der Waals surface area contributed by atoms with Crippen molar-refractivity contribution in [2.75, 3.05) is 6.61 Å². The van der Waals surface area contributed by atoms with Gasteiger partial charge in [-0.2, -0.15) is 0 Å². The van der Waals surface area contributed by atoms with Gasteiger partial charge in [-0.1, -0.05) is 53.2 Å². The number of aldehydes is 1. The fourth-order valence-electron chi connectivity index (χ4n) is 13.4. The number of allylic oxidation sites excluding steroid dienone is 2. The van der Waals surface area contributed by atoms with Gasteiger partial charge in [0.05, 0.1) is 12.2 Å². The van der Waals surface area contributed by atoms with Gasteiger partial charge in [0.1, 0.15) is 42.9 Å². The lowest BCUT2D eigenvalue weighted by atomic mass is 9.33. The van der Waals surface area contributed by atoms with Crippen LogP contribution in [0.2, 0.25) is 0 Å². The van der Waals surface area contributed by atoms with Gasteiger partial charge in [0.15, 0.2) is 24.8 Å². The number of carbonyl (C=O) groups excluding carboxylic acids is 1. The zero-order valence-corrected chi connectivity index (χ0v) is 34.3. The highest BCUT2D eigenvalue weighted by atomic mass is 16.8. The summed E-state index contributed by atoms with van der Waals surface area (Å²) < 4.78 is 23.4. The Morgan fingerprint density at radius 2 is 1.38 bits per heavy atom. The van der Waals surface area contributed by atoms with Crippen LogP contribution in [0.3, 0.4) is 0 Å². The maximum absolute atomic E-state index is 13.8. The smallest absolute Gasteiger partial charge is 0.335 e. The minimum Gasteiger partial charge on any atom is -0.479 e. The van der Waals surface area contributed by atoms with Crippen LogP contribution < -0.4 is 0 Å². The highest BCUT2D eigenvalue weighted by Crippen LogP contribution is 2.75. The first-order valence-electron chi connectivity index (χ1n) is 20.9. The van der Waals surface area contributed by atoms with E-state index in [9.17, 15) is 60.3 Å². The fourth-order valence-corrected chi connectivity index (χ4v) is 13.4. The molecule has 9 N–H and O–H groups in total. The third-order valence-electron chi connectivity index (χ3n) is 17.3. The van der Waals surface area contributed by atoms with Crippen molar-refractivity contribution >= 4 is 18.2 Å². The molecule has 2 saturated heterocycles. The molecule has 7 aliphatic rings. The minimum atomic E-state index is -2.05. The second-order valence-electron chi connectivity index (χ2n) is 20.5. The van der Waals surface area contributed by atoms with Crippen LogP contribution in [0.1, 0.15) is 99.3 Å². The van der Waals surface area contributed by atoms with E-state index in [0.717, 1.165) is 32.0 Å². The van der Waals surface area contributed by atoms with Crippen molar-refractivity contribution in [3.63, 3.8) is 0 Å². The first-order chi connectivity index (χ1) is 27.0. The Balaban J connectivity index is 1.18. The maximum atomic E-state index is 13.8. The van der Waals surface area contributed by atoms with Gasteiger partial charge >= 0.3 is 11.9 Å². The summed E-state index contributed by atoms with van der Waals surface area (Å²) in [4.78, 5) is 37.8. The van der Waals surface area contributed by atoms with Gasteiger partial charge in [0.2, 0.25) is 0 Å². The molecule has 0 bridgehead atoms. The van der Waals surface area contributed by atoms with Gasteiger partial charge in [-0.3, -0.25) is 0 Å². The minimum absolute atomic E-state index is 0.00118. The Labute approximate surface area is 338 Å². The average molecular weight is 825 g/mol. The van der Waals surface area contributed by atoms with E-state index in [1.807, 2.05) is 13.8 Å². The highest BCUT2D eigenvalue weighted by molar-refractivity contribution is 5.74. The average Bonchev–Trinajstić information content (AvgIpc) is 3.16. The van der Waals surface area contributed by atoms with E-state index in [-0.39, 0.29) is 40.6 Å². The molecule has 6 fully saturated rings. The van der Waals surface area contributed by atoms with Crippen LogP contribution in [-0.2, 0) is 33.3 Å². The monoisotopic (exact) mass is 824 g/mol. The predicted octanol–water partition coefficient (Wildman–Crippen LogP) is 1.12. The Hall–Kier alpha value is -2.09. The van der Waals surface area contributed by atoms with Crippen molar-refractivity contribution < 1.29 is 79.3 Å². The molecule has 58 heavy (non-hydrogen) atoms. The van der Waals surface area contributed by atoms with E-state index in [1.54, 1.807) is 0 Å². The van der Waals surface area contributed by atoms with Gasteiger partial charge in [-0.05, 0) is 97.2 Å². The lowest BCUT2D eigenvalue weighted by molar-refractivity contribution is -0.371. The summed E-state index contributed by atoms with van der Waals surface area (Å²) >= 11 is 0. The first kappa shape index (κ1) is 44.0. The summed E-state index contributed by atoms with van der Waals surface area (Å²) in [6.45, 7) is 12.9. The summed E-state index contributed by atoms with van der Waals surface area (Å²) in [6, 6.07) is 0. The number of aliphatic hydroxyl groups is 7. The van der Waals surface area contributed by atoms with Crippen molar-refractivity contribution in [1.82, 2.24) is 0 Å². The van der Waals surface area contributed by atoms with Crippen molar-refractivity contribution in [2.45, 2.75) is 173 Å². The number of aliphatic hydroxyl groups excluding tert-OH is 7. The van der Waals surface area contributed by atoms with E-state index in [2.05, 4.69) is 33.8 Å². The van der Waals surface area contributed by atoms with Crippen LogP contribution in [0, 0.1) is 50.2 Å². The van der Waals surface area contributed by atoms with Crippen molar-refractivity contribution in [2.24, 2.45) is 50.2 Å². The molecule has 2 aliphatic heterocycles. The Morgan fingerprint density at radius 1 is 0.759 bits per heavy atom. The second-order valence-corrected chi connectivity index (χ2v) is 20.5. The highest BCUT2D eigenvalue weighted by Gasteiger charge is 2.70. The van der Waals surface area contributed by atoms with Crippen molar-refractivity contribution in [3.05, 3.63) is 11.6 Å². The van der Waals surface area contributed by atoms with Crippen LogP contribution >= 0.6 is 0 Å². The molecule has 20 atom stereocenters. The normalized spacial score (nSPS) is 53.8. The molecule has 0 spiro atoms. The summed E-state index contributed by atoms with van der Waals surface area (Å²) in [6.07, 6.45) is -11.4. The summed E-state index contributed by atoms with van der Waals surface area (Å²) in [5.74, 6) is -3.42. The Bertz CT molecular complexity index is 1650. The number of aliphatic carboxylic acids is 2. The molecular weight excluding hydrogens is 760 g/mol. The summed E-state index contributed by atoms with van der Waals surface area (Å²) in [5, 5.41) is 94.7. The Morgan fingerprint density at radius 3 is 1.98 bits per heavy atom. The number of fused-ring (bicyclic) bond motifs is 7. The third kappa shape index (κ3) is 6.29. The van der Waals surface area contributed by atoms with Crippen LogP contribution in [0.15, 0.2) is 11.6 Å². The maximum Gasteiger partial charge on any atom is 0.335 e. The van der Waals surface area contributed by atoms with E-state index in [4.69, 9.17) is 18.9 Å². The van der Waals surface area contributed by atoms with Gasteiger partial charge in [-0.25, -0.2) is 9.59 Å². The standard InChI is InChI=1S/C42H64O16/c1-37(2)21-9-11-41(6)22(8-7-19-20-15-38(3,17-43)16-23(45)39(20,4)13-14-40(19,41)5)42(21,18-44)12-10-24(37)55-36-32(28(49)27(48)31(57-36)34(53)54)58-35-29(50)25(46)26(47)30(56-35)33(51)52/h7,18,20-32,35-36,43,45-50H,8-17H2,1-6H3,(H,51,52)(H,53,54)/t20-,21-,22+,23-,24+,25-,26-,27+,28+,29-,30-,31+,32-,35-,36-,38-,39-,40-,41+,42-/m0/s1. The topological polar surface area (TPSA) is 270 Å². The number of ether oxygens (including phenoxy) is 4. The number of carboxylic acid groups (broad SMARTS) is 2. The van der Waals surface area contributed by atoms with Crippen LogP contribution in [0.25, 0.3) is 0 Å². The SMILES string of the molecule is CC1(C)[C@H](O[C@H]2O[C@@H](C(=O)O)[C@H](O)[C@@H](O)[C@@H]2O[C@@H]2O[C@H](C(=O)O)[C@@H](O)[C@H](O)[C@@H]2O)CC[C@]2(C=O)[C@H]1CC[C@]1(C)[C@H]2CC=C2[C@@H]3C[C@](C)(CO)C[C@H](O)[C@@]3(C)CC[C@@]21C. The molecule has 328 valence electrons. The van der Waals surface area contributed by atoms with E-state index < -0.39 is 102 Å². The predicted molar refractivity (Wildman–Crippen MR) is 200 cm³/mol. The molecule has 0 aromatic rings. The number of hydrogen-bond donors (Lipinski definition) is 9. The van der Waals surface area contributed by atoms with Gasteiger partial charge in [0, 0.05) is 17.4 Å². The van der Waals surface area contributed by atoms with Crippen LogP contribution in [-0.4, -0.2) is 144 Å². The third-order valence-corrected chi connectivity index (χ3v) is 17.3. The molecule has 0 aromatic carbocycles. The van der Waals surface area contributed by atoms with Crippen molar-refractivity contribution in [3.8, 4) is 0 Å². The molecular formula is C42H64O16. The van der Waals surface area contributed by atoms with Gasteiger partial charge in [-0.15, -0.1) is 0 Å². The van der Waals surface area contributed by atoms with E-state index >= 15 is 0 Å². The number of carboxylic acids is 2. The first-order valence-corrected chi connectivity index (χ1v) is 20.9. The van der Waals surface area contributed by atoms with E-state index in [0.29, 0.717) is 32.1 Å². The molecule has 16 heteroatoms. The molecule has 16 nitrogen and oxygen atoms in total. The largest absolute Gasteiger partial charge is 0.479 e. The molecule has 2 heterocycles. The second kappa shape index (κ2) is 14.8. The summed E-state index contributed by atoms with van der Waals surface area (Å²) in [7, 11) is 0. The number of hydrogen-bond acceptors (Lipinski definition) is 14. The quantitative estimate of drug-likeness (QED) is 0.0943. The molecule has 4 saturated carbocycles. The van der Waals surface area contributed by atoms with Gasteiger partial charge < -0.3 is 69.7 Å². The number of carbonyl (C=O) groups is 3. The lowest BCUT2D eigenvalue weighted by Gasteiger charge is -2.71.